The Hall–Kier alpha value is -2.75. The number of rotatable bonds is 5. The molecule has 2 aromatic rings. The van der Waals surface area contributed by atoms with E-state index in [1.54, 1.807) is 42.6 Å². The molecule has 0 radical (unpaired) electrons. The molecule has 3 rings (SSSR count). The second-order valence-corrected chi connectivity index (χ2v) is 8.29. The number of hydrogen-bond acceptors (Lipinski definition) is 8. The first kappa shape index (κ1) is 27.3. The van der Waals surface area contributed by atoms with Gasteiger partial charge in [0.15, 0.2) is 5.78 Å². The van der Waals surface area contributed by atoms with Crippen molar-refractivity contribution in [3.05, 3.63) is 59.7 Å². The number of benzene rings is 2. The number of carbonyl (C=O) groups excluding carboxylic acids is 3. The summed E-state index contributed by atoms with van der Waals surface area (Å²) >= 11 is 3.28. The quantitative estimate of drug-likeness (QED) is 0.592. The van der Waals surface area contributed by atoms with Crippen LogP contribution in [-0.2, 0) is 9.59 Å². The zero-order valence-corrected chi connectivity index (χ0v) is 18.9. The predicted molar refractivity (Wildman–Crippen MR) is 120 cm³/mol. The molecule has 0 atom stereocenters. The number of anilines is 1. The number of nitrogens with zero attached hydrogens (tertiary/aromatic N) is 1. The third-order valence-electron chi connectivity index (χ3n) is 3.61. The Bertz CT molecular complexity index is 929. The molecule has 32 heavy (non-hydrogen) atoms. The molecule has 0 unspecified atom stereocenters. The maximum atomic E-state index is 12.0. The summed E-state index contributed by atoms with van der Waals surface area (Å²) in [4.78, 5) is 32.5. The summed E-state index contributed by atoms with van der Waals surface area (Å²) in [6.45, 7) is 2.67. The molecule has 1 heterocycles. The molecular formula is C21H21F3N2O4S2. The van der Waals surface area contributed by atoms with Gasteiger partial charge in [0.05, 0.1) is 12.3 Å². The van der Waals surface area contributed by atoms with Crippen molar-refractivity contribution >= 4 is 45.5 Å². The van der Waals surface area contributed by atoms with Crippen molar-refractivity contribution in [3.8, 4) is 5.75 Å². The summed E-state index contributed by atoms with van der Waals surface area (Å²) in [5.41, 5.74) is 2.62. The van der Waals surface area contributed by atoms with Crippen LogP contribution in [0.1, 0.15) is 15.9 Å². The van der Waals surface area contributed by atoms with Gasteiger partial charge in [-0.25, -0.2) is 0 Å². The number of ether oxygens (including phenoxy) is 1. The topological polar surface area (TPSA) is 84.8 Å². The summed E-state index contributed by atoms with van der Waals surface area (Å²) in [6, 6.07) is 13.3. The minimum absolute atomic E-state index is 0.155. The number of aryl methyl sites for hydroxylation is 1. The van der Waals surface area contributed by atoms with E-state index in [0.717, 1.165) is 33.5 Å². The van der Waals surface area contributed by atoms with Crippen molar-refractivity contribution in [1.82, 2.24) is 0 Å². The van der Waals surface area contributed by atoms with Gasteiger partial charge in [-0.1, -0.05) is 53.4 Å². The van der Waals surface area contributed by atoms with E-state index in [1.807, 2.05) is 31.3 Å². The van der Waals surface area contributed by atoms with Crippen molar-refractivity contribution in [3.63, 3.8) is 0 Å². The molecule has 2 aromatic carbocycles. The number of thioether (sulfide) groups is 2. The molecule has 0 saturated carbocycles. The molecule has 0 fully saturated rings. The molecule has 0 spiro atoms. The number of carbonyl (C=O) groups is 1. The van der Waals surface area contributed by atoms with Crippen molar-refractivity contribution in [2.45, 2.75) is 13.3 Å². The van der Waals surface area contributed by atoms with E-state index in [-0.39, 0.29) is 17.7 Å². The standard InChI is InChI=1S/C12H14N2OS2.C8H7F3O.CO2/c1-13-10-4-2-3-9(7-10)11(15)8-17-12-14-5-6-16-12;1-6-2-4-7(5-3-6)12-8(9,10)11;2-1-3/h2-4,7,13H,5-6,8H2,1H3;2-5H,1H3;. The molecule has 0 saturated heterocycles. The van der Waals surface area contributed by atoms with E-state index in [4.69, 9.17) is 9.59 Å². The number of nitrogens with one attached hydrogen (secondary N) is 1. The highest BCUT2D eigenvalue weighted by Crippen LogP contribution is 2.23. The first-order valence-electron chi connectivity index (χ1n) is 9.11. The van der Waals surface area contributed by atoms with E-state index >= 15 is 0 Å². The van der Waals surface area contributed by atoms with Crippen LogP contribution in [0, 0.1) is 6.92 Å². The van der Waals surface area contributed by atoms with Crippen LogP contribution >= 0.6 is 23.5 Å². The average Bonchev–Trinajstić information content (AvgIpc) is 3.27. The van der Waals surface area contributed by atoms with Crippen LogP contribution in [0.15, 0.2) is 53.5 Å². The Kier molecular flexibility index (Phi) is 12.2. The van der Waals surface area contributed by atoms with Gasteiger partial charge < -0.3 is 10.1 Å². The first-order chi connectivity index (χ1) is 15.2. The highest BCUT2D eigenvalue weighted by molar-refractivity contribution is 8.39. The number of hydrogen-bond donors (Lipinski definition) is 1. The van der Waals surface area contributed by atoms with E-state index in [9.17, 15) is 18.0 Å². The second-order valence-electron chi connectivity index (χ2n) is 5.98. The largest absolute Gasteiger partial charge is 0.573 e. The number of alkyl halides is 3. The van der Waals surface area contributed by atoms with Gasteiger partial charge in [0.25, 0.3) is 0 Å². The third-order valence-corrected chi connectivity index (χ3v) is 5.86. The Morgan fingerprint density at radius 2 is 1.88 bits per heavy atom. The zero-order valence-electron chi connectivity index (χ0n) is 17.3. The van der Waals surface area contributed by atoms with Gasteiger partial charge in [0.2, 0.25) is 0 Å². The Morgan fingerprint density at radius 3 is 2.41 bits per heavy atom. The Labute approximate surface area is 192 Å². The van der Waals surface area contributed by atoms with Crippen LogP contribution in [0.5, 0.6) is 5.75 Å². The van der Waals surface area contributed by atoms with Crippen LogP contribution in [0.25, 0.3) is 0 Å². The molecule has 1 aliphatic heterocycles. The van der Waals surface area contributed by atoms with Crippen molar-refractivity contribution in [1.29, 1.82) is 0 Å². The SMILES string of the molecule is CNc1cccc(C(=O)CSC2=NCCS2)c1.Cc1ccc(OC(F)(F)F)cc1.O=C=O. The maximum absolute atomic E-state index is 12.0. The molecule has 6 nitrogen and oxygen atoms in total. The Balaban J connectivity index is 0.000000299. The summed E-state index contributed by atoms with van der Waals surface area (Å²) < 4.78 is 39.6. The van der Waals surface area contributed by atoms with Gasteiger partial charge in [-0.2, -0.15) is 9.59 Å². The lowest BCUT2D eigenvalue weighted by molar-refractivity contribution is -0.274. The van der Waals surface area contributed by atoms with Gasteiger partial charge in [0.1, 0.15) is 10.1 Å². The number of aliphatic imine (C=N–C) groups is 1. The van der Waals surface area contributed by atoms with Crippen LogP contribution in [0.3, 0.4) is 0 Å². The number of Topliss-reactive ketones (excluding diaryl/α,β-unsaturated/α-hetero) is 1. The zero-order chi connectivity index (χ0) is 24.0. The van der Waals surface area contributed by atoms with Gasteiger partial charge in [-0.15, -0.1) is 13.2 Å². The molecule has 172 valence electrons. The van der Waals surface area contributed by atoms with Crippen LogP contribution in [0.2, 0.25) is 0 Å². The van der Waals surface area contributed by atoms with E-state index < -0.39 is 6.36 Å². The highest BCUT2D eigenvalue weighted by atomic mass is 32.2. The van der Waals surface area contributed by atoms with Gasteiger partial charge in [-0.05, 0) is 31.2 Å². The monoisotopic (exact) mass is 486 g/mol. The minimum Gasteiger partial charge on any atom is -0.406 e. The molecule has 1 aliphatic rings. The lowest BCUT2D eigenvalue weighted by Gasteiger charge is -2.08. The summed E-state index contributed by atoms with van der Waals surface area (Å²) in [5, 5.41) is 3.03. The molecule has 0 aromatic heterocycles. The van der Waals surface area contributed by atoms with Crippen LogP contribution < -0.4 is 10.1 Å². The predicted octanol–water partition coefficient (Wildman–Crippen LogP) is 5.06. The molecule has 11 heteroatoms. The van der Waals surface area contributed by atoms with E-state index in [1.165, 1.54) is 12.1 Å². The second kappa shape index (κ2) is 14.3. The highest BCUT2D eigenvalue weighted by Gasteiger charge is 2.30. The normalized spacial score (nSPS) is 12.2. The fourth-order valence-electron chi connectivity index (χ4n) is 2.20. The lowest BCUT2D eigenvalue weighted by Crippen LogP contribution is -2.16. The van der Waals surface area contributed by atoms with Crippen molar-refractivity contribution in [2.75, 3.05) is 30.4 Å². The van der Waals surface area contributed by atoms with Gasteiger partial charge in [-0.3, -0.25) is 9.79 Å². The van der Waals surface area contributed by atoms with Crippen LogP contribution in [0.4, 0.5) is 18.9 Å². The molecule has 1 N–H and O–H groups in total. The van der Waals surface area contributed by atoms with Crippen molar-refractivity contribution in [2.24, 2.45) is 4.99 Å². The fourth-order valence-corrected chi connectivity index (χ4v) is 4.11. The van der Waals surface area contributed by atoms with E-state index in [0.29, 0.717) is 5.75 Å². The van der Waals surface area contributed by atoms with Crippen LogP contribution in [-0.4, -0.2) is 47.8 Å². The van der Waals surface area contributed by atoms with Gasteiger partial charge in [0, 0.05) is 24.1 Å². The molecule has 0 amide bonds. The average molecular weight is 487 g/mol. The number of halogens is 3. The minimum atomic E-state index is -4.60. The van der Waals surface area contributed by atoms with Crippen molar-refractivity contribution < 1.29 is 32.3 Å². The summed E-state index contributed by atoms with van der Waals surface area (Å²) in [5.74, 6) is 1.49. The summed E-state index contributed by atoms with van der Waals surface area (Å²) in [7, 11) is 1.85. The first-order valence-corrected chi connectivity index (χ1v) is 11.1. The number of ketones is 1. The maximum Gasteiger partial charge on any atom is 0.573 e. The third kappa shape index (κ3) is 11.6. The van der Waals surface area contributed by atoms with E-state index in [2.05, 4.69) is 15.0 Å². The molecule has 0 bridgehead atoms. The smallest absolute Gasteiger partial charge is 0.406 e. The lowest BCUT2D eigenvalue weighted by atomic mass is 10.1. The fraction of sp³-hybridized carbons (Fsp3) is 0.286. The summed E-state index contributed by atoms with van der Waals surface area (Å²) in [6.07, 6.45) is -4.35. The van der Waals surface area contributed by atoms with Gasteiger partial charge >= 0.3 is 12.5 Å². The Morgan fingerprint density at radius 1 is 1.22 bits per heavy atom. The molecule has 0 aliphatic carbocycles. The molecular weight excluding hydrogens is 465 g/mol.